The highest BCUT2D eigenvalue weighted by Crippen LogP contribution is 2.34. The maximum atomic E-state index is 9.13. The van der Waals surface area contributed by atoms with Crippen LogP contribution in [0, 0.1) is 16.7 Å². The molecular formula is C13H25N3. The lowest BCUT2D eigenvalue weighted by molar-refractivity contribution is 0.101. The van der Waals surface area contributed by atoms with Crippen LogP contribution in [0.25, 0.3) is 0 Å². The molecule has 1 aliphatic heterocycles. The van der Waals surface area contributed by atoms with Crippen molar-refractivity contribution in [3.8, 4) is 6.07 Å². The molecule has 0 bridgehead atoms. The predicted molar refractivity (Wildman–Crippen MR) is 67.1 cm³/mol. The first kappa shape index (κ1) is 13.5. The summed E-state index contributed by atoms with van der Waals surface area (Å²) in [6, 6.07) is 2.36. The minimum atomic E-state index is -0.403. The number of nitrogens with one attached hydrogen (secondary N) is 1. The fraction of sp³-hybridized carbons (Fsp3) is 0.923. The Hall–Kier alpha value is -0.590. The molecule has 1 N–H and O–H groups in total. The van der Waals surface area contributed by atoms with Gasteiger partial charge in [-0.15, -0.1) is 0 Å². The molecule has 1 aliphatic rings. The molecule has 0 amide bonds. The SMILES string of the molecule is CCC1(C)CCN(CC(C)(C#N)NC)CC1. The van der Waals surface area contributed by atoms with Gasteiger partial charge >= 0.3 is 0 Å². The third-order valence-corrected chi connectivity index (χ3v) is 4.26. The van der Waals surface area contributed by atoms with E-state index in [9.17, 15) is 0 Å². The van der Waals surface area contributed by atoms with Crippen LogP contribution in [0.3, 0.4) is 0 Å². The third-order valence-electron chi connectivity index (χ3n) is 4.26. The maximum Gasteiger partial charge on any atom is 0.116 e. The molecule has 0 aromatic rings. The maximum absolute atomic E-state index is 9.13. The molecule has 3 heteroatoms. The van der Waals surface area contributed by atoms with Crippen molar-refractivity contribution in [2.24, 2.45) is 5.41 Å². The van der Waals surface area contributed by atoms with Crippen molar-refractivity contribution in [2.75, 3.05) is 26.7 Å². The van der Waals surface area contributed by atoms with Gasteiger partial charge in [0.25, 0.3) is 0 Å². The van der Waals surface area contributed by atoms with Gasteiger partial charge in [-0.25, -0.2) is 0 Å². The molecule has 1 atom stereocenters. The highest BCUT2D eigenvalue weighted by molar-refractivity contribution is 5.05. The number of likely N-dealkylation sites (N-methyl/N-ethyl adjacent to an activating group) is 1. The Kier molecular flexibility index (Phi) is 4.35. The Bertz CT molecular complexity index is 261. The standard InChI is InChI=1S/C13H25N3/c1-5-12(2)6-8-16(9-7-12)11-13(3,10-14)15-4/h15H,5-9,11H2,1-4H3. The molecule has 0 aromatic heterocycles. The van der Waals surface area contributed by atoms with Crippen molar-refractivity contribution in [3.05, 3.63) is 0 Å². The number of nitrogens with zero attached hydrogens (tertiary/aromatic N) is 2. The molecule has 0 aromatic carbocycles. The molecule has 0 spiro atoms. The Morgan fingerprint density at radius 3 is 2.38 bits per heavy atom. The number of rotatable bonds is 4. The Balaban J connectivity index is 2.47. The summed E-state index contributed by atoms with van der Waals surface area (Å²) in [6.45, 7) is 9.72. The monoisotopic (exact) mass is 223 g/mol. The predicted octanol–water partition coefficient (Wildman–Crippen LogP) is 2.00. The minimum Gasteiger partial charge on any atom is -0.302 e. The third kappa shape index (κ3) is 3.20. The van der Waals surface area contributed by atoms with Crippen molar-refractivity contribution in [1.29, 1.82) is 5.26 Å². The summed E-state index contributed by atoms with van der Waals surface area (Å²) in [4.78, 5) is 2.41. The molecule has 3 nitrogen and oxygen atoms in total. The van der Waals surface area contributed by atoms with E-state index in [1.54, 1.807) is 0 Å². The van der Waals surface area contributed by atoms with Gasteiger partial charge in [0.2, 0.25) is 0 Å². The molecule has 0 radical (unpaired) electrons. The fourth-order valence-electron chi connectivity index (χ4n) is 2.22. The quantitative estimate of drug-likeness (QED) is 0.792. The average molecular weight is 223 g/mol. The van der Waals surface area contributed by atoms with Crippen LogP contribution in [0.2, 0.25) is 0 Å². The Morgan fingerprint density at radius 2 is 2.00 bits per heavy atom. The topological polar surface area (TPSA) is 39.1 Å². The lowest BCUT2D eigenvalue weighted by atomic mass is 9.78. The van der Waals surface area contributed by atoms with E-state index in [-0.39, 0.29) is 0 Å². The van der Waals surface area contributed by atoms with Crippen molar-refractivity contribution >= 4 is 0 Å². The summed E-state index contributed by atoms with van der Waals surface area (Å²) in [6.07, 6.45) is 3.78. The van der Waals surface area contributed by atoms with Crippen LogP contribution >= 0.6 is 0 Å². The van der Waals surface area contributed by atoms with E-state index in [4.69, 9.17) is 5.26 Å². The van der Waals surface area contributed by atoms with E-state index in [2.05, 4.69) is 30.1 Å². The summed E-state index contributed by atoms with van der Waals surface area (Å²) < 4.78 is 0. The Labute approximate surface area is 99.8 Å². The zero-order valence-electron chi connectivity index (χ0n) is 11.1. The minimum absolute atomic E-state index is 0.403. The number of nitriles is 1. The van der Waals surface area contributed by atoms with Gasteiger partial charge in [-0.1, -0.05) is 20.3 Å². The van der Waals surface area contributed by atoms with Gasteiger partial charge in [0.1, 0.15) is 5.54 Å². The largest absolute Gasteiger partial charge is 0.302 e. The van der Waals surface area contributed by atoms with Gasteiger partial charge in [-0.3, -0.25) is 0 Å². The van der Waals surface area contributed by atoms with Gasteiger partial charge in [0.15, 0.2) is 0 Å². The zero-order valence-corrected chi connectivity index (χ0v) is 11.1. The van der Waals surface area contributed by atoms with E-state index in [0.29, 0.717) is 5.41 Å². The van der Waals surface area contributed by atoms with E-state index in [0.717, 1.165) is 19.6 Å². The summed E-state index contributed by atoms with van der Waals surface area (Å²) in [5.74, 6) is 0. The van der Waals surface area contributed by atoms with Gasteiger partial charge in [0, 0.05) is 6.54 Å². The first-order valence-electron chi connectivity index (χ1n) is 6.29. The van der Waals surface area contributed by atoms with Crippen molar-refractivity contribution in [3.63, 3.8) is 0 Å². The van der Waals surface area contributed by atoms with Crippen molar-refractivity contribution < 1.29 is 0 Å². The van der Waals surface area contributed by atoms with E-state index in [1.165, 1.54) is 19.3 Å². The summed E-state index contributed by atoms with van der Waals surface area (Å²) in [5.41, 5.74) is 0.124. The lowest BCUT2D eigenvalue weighted by Crippen LogP contribution is -2.51. The molecular weight excluding hydrogens is 198 g/mol. The van der Waals surface area contributed by atoms with E-state index in [1.807, 2.05) is 14.0 Å². The molecule has 16 heavy (non-hydrogen) atoms. The van der Waals surface area contributed by atoms with Gasteiger partial charge in [-0.2, -0.15) is 5.26 Å². The molecule has 1 fully saturated rings. The number of likely N-dealkylation sites (tertiary alicyclic amines) is 1. The number of hydrogen-bond acceptors (Lipinski definition) is 3. The van der Waals surface area contributed by atoms with Crippen LogP contribution in [0.15, 0.2) is 0 Å². The number of hydrogen-bond donors (Lipinski definition) is 1. The smallest absolute Gasteiger partial charge is 0.116 e. The second-order valence-corrected chi connectivity index (χ2v) is 5.63. The molecule has 1 heterocycles. The van der Waals surface area contributed by atoms with E-state index >= 15 is 0 Å². The second kappa shape index (κ2) is 5.16. The average Bonchev–Trinajstić information content (AvgIpc) is 2.32. The van der Waals surface area contributed by atoms with Gasteiger partial charge < -0.3 is 10.2 Å². The Morgan fingerprint density at radius 1 is 1.44 bits per heavy atom. The zero-order chi connectivity index (χ0) is 12.2. The molecule has 1 unspecified atom stereocenters. The second-order valence-electron chi connectivity index (χ2n) is 5.63. The summed E-state index contributed by atoms with van der Waals surface area (Å²) >= 11 is 0. The number of piperidine rings is 1. The van der Waals surface area contributed by atoms with Crippen molar-refractivity contribution in [2.45, 2.75) is 45.6 Å². The van der Waals surface area contributed by atoms with Crippen LogP contribution in [0.4, 0.5) is 0 Å². The molecule has 92 valence electrons. The molecule has 1 rings (SSSR count). The van der Waals surface area contributed by atoms with Crippen LogP contribution in [-0.2, 0) is 0 Å². The molecule has 0 aliphatic carbocycles. The first-order valence-corrected chi connectivity index (χ1v) is 6.29. The normalized spacial score (nSPS) is 24.7. The van der Waals surface area contributed by atoms with Crippen LogP contribution in [-0.4, -0.2) is 37.1 Å². The van der Waals surface area contributed by atoms with E-state index < -0.39 is 5.54 Å². The highest BCUT2D eigenvalue weighted by Gasteiger charge is 2.32. The van der Waals surface area contributed by atoms with Crippen molar-refractivity contribution in [1.82, 2.24) is 10.2 Å². The lowest BCUT2D eigenvalue weighted by Gasteiger charge is -2.41. The van der Waals surface area contributed by atoms with Crippen LogP contribution in [0.1, 0.15) is 40.0 Å². The highest BCUT2D eigenvalue weighted by atomic mass is 15.2. The van der Waals surface area contributed by atoms with Crippen LogP contribution in [0.5, 0.6) is 0 Å². The molecule has 1 saturated heterocycles. The van der Waals surface area contributed by atoms with Crippen LogP contribution < -0.4 is 5.32 Å². The first-order chi connectivity index (χ1) is 7.47. The van der Waals surface area contributed by atoms with Gasteiger partial charge in [0.05, 0.1) is 6.07 Å². The fourth-order valence-corrected chi connectivity index (χ4v) is 2.22. The van der Waals surface area contributed by atoms with Gasteiger partial charge in [-0.05, 0) is 45.3 Å². The summed E-state index contributed by atoms with van der Waals surface area (Å²) in [7, 11) is 1.86. The molecule has 0 saturated carbocycles. The summed E-state index contributed by atoms with van der Waals surface area (Å²) in [5, 5.41) is 12.2.